The van der Waals surface area contributed by atoms with E-state index in [2.05, 4.69) is 16.8 Å². The summed E-state index contributed by atoms with van der Waals surface area (Å²) in [6, 6.07) is 3.89. The fourth-order valence-corrected chi connectivity index (χ4v) is 1.11. The zero-order valence-electron chi connectivity index (χ0n) is 9.91. The predicted octanol–water partition coefficient (Wildman–Crippen LogP) is 2.11. The zero-order valence-corrected chi connectivity index (χ0v) is 11.4. The summed E-state index contributed by atoms with van der Waals surface area (Å²) in [6.07, 6.45) is 0. The number of anilines is 1. The third-order valence-electron chi connectivity index (χ3n) is 1.58. The van der Waals surface area contributed by atoms with Crippen LogP contribution in [0.25, 0.3) is 0 Å². The Morgan fingerprint density at radius 3 is 2.06 bits per heavy atom. The van der Waals surface area contributed by atoms with Crippen LogP contribution < -0.4 is 16.8 Å². The lowest BCUT2D eigenvalue weighted by atomic mass is 10.3. The molecule has 0 saturated heterocycles. The summed E-state index contributed by atoms with van der Waals surface area (Å²) in [6.45, 7) is 0. The monoisotopic (exact) mass is 292 g/mol. The number of urea groups is 2. The lowest BCUT2D eigenvalue weighted by Crippen LogP contribution is -2.27. The van der Waals surface area contributed by atoms with Gasteiger partial charge in [0, 0.05) is 19.8 Å². The molecule has 0 aliphatic heterocycles. The number of benzene rings is 1. The minimum Gasteiger partial charge on any atom is -0.352 e. The van der Waals surface area contributed by atoms with E-state index < -0.39 is 6.03 Å². The molecular weight excluding hydrogens is 279 g/mol. The standard InChI is InChI=1S/C9H10Cl2N2O.CH4N2O/c1-13(2)9(14)12-6-3-4-7(10)8(11)5-6;2-1(3)4/h3-5H,1-2H3,(H,12,14);(H4,2,3,4). The largest absolute Gasteiger partial charge is 0.352 e. The third kappa shape index (κ3) is 6.82. The van der Waals surface area contributed by atoms with Crippen molar-refractivity contribution >= 4 is 41.0 Å². The number of carbonyl (C=O) groups is 2. The first kappa shape index (κ1) is 16.3. The van der Waals surface area contributed by atoms with E-state index in [0.717, 1.165) is 0 Å². The molecule has 4 amide bonds. The predicted molar refractivity (Wildman–Crippen MR) is 72.9 cm³/mol. The van der Waals surface area contributed by atoms with Gasteiger partial charge in [0.2, 0.25) is 0 Å². The van der Waals surface area contributed by atoms with E-state index in [1.807, 2.05) is 0 Å². The normalized spacial score (nSPS) is 8.89. The second-order valence-electron chi connectivity index (χ2n) is 3.36. The molecule has 0 aromatic heterocycles. The molecule has 0 fully saturated rings. The Morgan fingerprint density at radius 2 is 1.67 bits per heavy atom. The lowest BCUT2D eigenvalue weighted by molar-refractivity contribution is 0.230. The Balaban J connectivity index is 0.000000631. The molecule has 100 valence electrons. The fourth-order valence-electron chi connectivity index (χ4n) is 0.809. The van der Waals surface area contributed by atoms with Crippen molar-refractivity contribution in [3.05, 3.63) is 28.2 Å². The van der Waals surface area contributed by atoms with Gasteiger partial charge in [-0.25, -0.2) is 9.59 Å². The van der Waals surface area contributed by atoms with Crippen LogP contribution in [0.4, 0.5) is 15.3 Å². The van der Waals surface area contributed by atoms with Crippen molar-refractivity contribution in [1.29, 1.82) is 0 Å². The first-order chi connectivity index (χ1) is 8.23. The van der Waals surface area contributed by atoms with Crippen molar-refractivity contribution in [2.75, 3.05) is 19.4 Å². The summed E-state index contributed by atoms with van der Waals surface area (Å²) >= 11 is 11.5. The topological polar surface area (TPSA) is 101 Å². The first-order valence-corrected chi connectivity index (χ1v) is 5.48. The van der Waals surface area contributed by atoms with Crippen LogP contribution in [-0.4, -0.2) is 31.1 Å². The molecule has 0 aliphatic carbocycles. The second-order valence-corrected chi connectivity index (χ2v) is 4.17. The van der Waals surface area contributed by atoms with Gasteiger partial charge >= 0.3 is 12.1 Å². The highest BCUT2D eigenvalue weighted by molar-refractivity contribution is 6.42. The minimum atomic E-state index is -0.833. The van der Waals surface area contributed by atoms with E-state index in [9.17, 15) is 4.79 Å². The van der Waals surface area contributed by atoms with E-state index in [4.69, 9.17) is 28.0 Å². The van der Waals surface area contributed by atoms with Gasteiger partial charge in [-0.05, 0) is 18.2 Å². The summed E-state index contributed by atoms with van der Waals surface area (Å²) in [7, 11) is 3.32. The third-order valence-corrected chi connectivity index (χ3v) is 2.32. The molecule has 0 unspecified atom stereocenters. The quantitative estimate of drug-likeness (QED) is 0.738. The Kier molecular flexibility index (Phi) is 6.92. The van der Waals surface area contributed by atoms with Gasteiger partial charge in [0.05, 0.1) is 10.0 Å². The molecule has 0 spiro atoms. The van der Waals surface area contributed by atoms with Crippen molar-refractivity contribution in [1.82, 2.24) is 4.90 Å². The number of nitrogens with two attached hydrogens (primary N) is 2. The highest BCUT2D eigenvalue weighted by Gasteiger charge is 2.05. The summed E-state index contributed by atoms with van der Waals surface area (Å²) < 4.78 is 0. The molecule has 0 radical (unpaired) electrons. The van der Waals surface area contributed by atoms with Crippen molar-refractivity contribution in [2.24, 2.45) is 11.5 Å². The second kappa shape index (κ2) is 7.62. The molecule has 1 aromatic carbocycles. The molecule has 1 aromatic rings. The molecule has 0 bridgehead atoms. The van der Waals surface area contributed by atoms with E-state index in [1.54, 1.807) is 32.3 Å². The SMILES string of the molecule is CN(C)C(=O)Nc1ccc(Cl)c(Cl)c1.NC(N)=O. The maximum absolute atomic E-state index is 11.2. The molecule has 18 heavy (non-hydrogen) atoms. The fraction of sp³-hybridized carbons (Fsp3) is 0.200. The van der Waals surface area contributed by atoms with Crippen LogP contribution in [0.2, 0.25) is 10.0 Å². The number of nitrogens with zero attached hydrogens (tertiary/aromatic N) is 1. The van der Waals surface area contributed by atoms with E-state index >= 15 is 0 Å². The number of rotatable bonds is 1. The number of nitrogens with one attached hydrogen (secondary N) is 1. The van der Waals surface area contributed by atoms with Gasteiger partial charge in [0.25, 0.3) is 0 Å². The summed E-state index contributed by atoms with van der Waals surface area (Å²) in [4.78, 5) is 21.7. The van der Waals surface area contributed by atoms with Gasteiger partial charge < -0.3 is 21.7 Å². The summed E-state index contributed by atoms with van der Waals surface area (Å²) in [5.74, 6) is 0. The van der Waals surface area contributed by atoms with Crippen molar-refractivity contribution < 1.29 is 9.59 Å². The molecule has 0 aliphatic rings. The van der Waals surface area contributed by atoms with Gasteiger partial charge in [-0.1, -0.05) is 23.2 Å². The van der Waals surface area contributed by atoms with E-state index in [1.165, 1.54) is 4.90 Å². The van der Waals surface area contributed by atoms with Crippen molar-refractivity contribution in [2.45, 2.75) is 0 Å². The van der Waals surface area contributed by atoms with Crippen LogP contribution in [0.1, 0.15) is 0 Å². The molecule has 8 heteroatoms. The number of hydrogen-bond donors (Lipinski definition) is 3. The molecule has 5 N–H and O–H groups in total. The molecule has 1 rings (SSSR count). The van der Waals surface area contributed by atoms with Crippen molar-refractivity contribution in [3.63, 3.8) is 0 Å². The van der Waals surface area contributed by atoms with Crippen molar-refractivity contribution in [3.8, 4) is 0 Å². The maximum Gasteiger partial charge on any atom is 0.321 e. The van der Waals surface area contributed by atoms with Crippen LogP contribution in [0, 0.1) is 0 Å². The Labute approximate surface area is 115 Å². The molecule has 0 atom stereocenters. The Bertz CT molecular complexity index is 434. The first-order valence-electron chi connectivity index (χ1n) is 4.72. The minimum absolute atomic E-state index is 0.205. The van der Waals surface area contributed by atoms with Gasteiger partial charge in [0.15, 0.2) is 0 Å². The molecule has 0 saturated carbocycles. The highest BCUT2D eigenvalue weighted by Crippen LogP contribution is 2.24. The van der Waals surface area contributed by atoms with Gasteiger partial charge in [-0.3, -0.25) is 0 Å². The Morgan fingerprint density at radius 1 is 1.17 bits per heavy atom. The maximum atomic E-state index is 11.2. The molecular formula is C10H14Cl2N4O2. The van der Waals surface area contributed by atoms with Crippen LogP contribution in [0.15, 0.2) is 18.2 Å². The smallest absolute Gasteiger partial charge is 0.321 e. The van der Waals surface area contributed by atoms with Crippen LogP contribution in [0.5, 0.6) is 0 Å². The molecule has 6 nitrogen and oxygen atoms in total. The number of amides is 4. The van der Waals surface area contributed by atoms with Crippen LogP contribution in [-0.2, 0) is 0 Å². The number of hydrogen-bond acceptors (Lipinski definition) is 2. The van der Waals surface area contributed by atoms with Gasteiger partial charge in [-0.2, -0.15) is 0 Å². The van der Waals surface area contributed by atoms with E-state index in [0.29, 0.717) is 15.7 Å². The number of carbonyl (C=O) groups excluding carboxylic acids is 2. The lowest BCUT2D eigenvalue weighted by Gasteiger charge is -2.12. The van der Waals surface area contributed by atoms with Gasteiger partial charge in [0.1, 0.15) is 0 Å². The van der Waals surface area contributed by atoms with Crippen LogP contribution in [0.3, 0.4) is 0 Å². The number of halogens is 2. The number of primary amides is 2. The highest BCUT2D eigenvalue weighted by atomic mass is 35.5. The average Bonchev–Trinajstić information content (AvgIpc) is 2.22. The zero-order chi connectivity index (χ0) is 14.3. The average molecular weight is 293 g/mol. The van der Waals surface area contributed by atoms with Crippen LogP contribution >= 0.6 is 23.2 Å². The van der Waals surface area contributed by atoms with E-state index in [-0.39, 0.29) is 6.03 Å². The molecule has 0 heterocycles. The summed E-state index contributed by atoms with van der Waals surface area (Å²) in [5, 5.41) is 3.54. The van der Waals surface area contributed by atoms with Gasteiger partial charge in [-0.15, -0.1) is 0 Å². The Hall–Kier alpha value is -1.66. The summed E-state index contributed by atoms with van der Waals surface area (Å²) in [5.41, 5.74) is 9.12.